The molecule has 2 heterocycles. The van der Waals surface area contributed by atoms with Crippen LogP contribution in [0.3, 0.4) is 0 Å². The Labute approximate surface area is 120 Å². The highest BCUT2D eigenvalue weighted by Crippen LogP contribution is 2.39. The lowest BCUT2D eigenvalue weighted by Crippen LogP contribution is -2.23. The van der Waals surface area contributed by atoms with Crippen LogP contribution in [-0.4, -0.2) is 9.55 Å². The standard InChI is InChI=1S/C14H16N2OS2/c1-7-5-8(7)6-16-13(17)11-9-3-2-4-10(9)19-12(11)15-14(16)18/h7-8H,2-6H2,1H3,(H,15,18). The number of nitrogens with zero attached hydrogens (tertiary/aromatic N) is 1. The first-order valence-corrected chi connectivity index (χ1v) is 8.15. The van der Waals surface area contributed by atoms with Crippen molar-refractivity contribution in [1.29, 1.82) is 0 Å². The summed E-state index contributed by atoms with van der Waals surface area (Å²) >= 11 is 7.10. The molecule has 1 saturated carbocycles. The van der Waals surface area contributed by atoms with Crippen molar-refractivity contribution in [3.8, 4) is 0 Å². The van der Waals surface area contributed by atoms with E-state index >= 15 is 0 Å². The Balaban J connectivity index is 1.93. The van der Waals surface area contributed by atoms with Gasteiger partial charge in [0.2, 0.25) is 0 Å². The Morgan fingerprint density at radius 2 is 2.26 bits per heavy atom. The van der Waals surface area contributed by atoms with Crippen molar-refractivity contribution in [3.63, 3.8) is 0 Å². The van der Waals surface area contributed by atoms with Crippen molar-refractivity contribution in [3.05, 3.63) is 25.6 Å². The molecule has 1 N–H and O–H groups in total. The smallest absolute Gasteiger partial charge is 0.263 e. The molecule has 4 rings (SSSR count). The average Bonchev–Trinajstić information content (AvgIpc) is 2.73. The molecule has 100 valence electrons. The molecule has 2 aromatic heterocycles. The Hall–Kier alpha value is -0.940. The molecule has 0 bridgehead atoms. The van der Waals surface area contributed by atoms with Crippen molar-refractivity contribution in [1.82, 2.24) is 9.55 Å². The van der Waals surface area contributed by atoms with Gasteiger partial charge in [0.05, 0.1) is 5.39 Å². The fourth-order valence-electron chi connectivity index (χ4n) is 3.16. The van der Waals surface area contributed by atoms with Gasteiger partial charge in [0.1, 0.15) is 4.83 Å². The summed E-state index contributed by atoms with van der Waals surface area (Å²) < 4.78 is 2.38. The van der Waals surface area contributed by atoms with Crippen LogP contribution in [0.1, 0.15) is 30.2 Å². The van der Waals surface area contributed by atoms with Crippen LogP contribution >= 0.6 is 23.6 Å². The van der Waals surface area contributed by atoms with Crippen molar-refractivity contribution < 1.29 is 0 Å². The fourth-order valence-corrected chi connectivity index (χ4v) is 4.77. The van der Waals surface area contributed by atoms with Crippen LogP contribution in [0.2, 0.25) is 0 Å². The van der Waals surface area contributed by atoms with E-state index in [-0.39, 0.29) is 5.56 Å². The van der Waals surface area contributed by atoms with Crippen LogP contribution in [0.5, 0.6) is 0 Å². The summed E-state index contributed by atoms with van der Waals surface area (Å²) in [5.74, 6) is 1.38. The number of hydrogen-bond donors (Lipinski definition) is 1. The van der Waals surface area contributed by atoms with E-state index in [0.29, 0.717) is 10.7 Å². The van der Waals surface area contributed by atoms with Crippen LogP contribution in [0, 0.1) is 16.6 Å². The SMILES string of the molecule is CC1CC1Cn1c(=S)[nH]c2sc3c(c2c1=O)CCC3. The summed E-state index contributed by atoms with van der Waals surface area (Å²) in [5.41, 5.74) is 1.42. The third-order valence-electron chi connectivity index (χ3n) is 4.54. The zero-order valence-electron chi connectivity index (χ0n) is 10.9. The summed E-state index contributed by atoms with van der Waals surface area (Å²) in [4.78, 5) is 18.4. The number of aromatic nitrogens is 2. The normalized spacial score (nSPS) is 24.9. The second kappa shape index (κ2) is 4.03. The number of nitrogens with one attached hydrogen (secondary N) is 1. The van der Waals surface area contributed by atoms with Gasteiger partial charge in [-0.05, 0) is 55.3 Å². The second-order valence-corrected chi connectivity index (χ2v) is 7.37. The molecule has 2 aromatic rings. The van der Waals surface area contributed by atoms with E-state index in [1.807, 2.05) is 0 Å². The summed E-state index contributed by atoms with van der Waals surface area (Å²) in [6.45, 7) is 3.03. The molecule has 3 nitrogen and oxygen atoms in total. The predicted octanol–water partition coefficient (Wildman–Crippen LogP) is 3.27. The Morgan fingerprint density at radius 3 is 3.00 bits per heavy atom. The zero-order chi connectivity index (χ0) is 13.1. The predicted molar refractivity (Wildman–Crippen MR) is 80.6 cm³/mol. The third-order valence-corrected chi connectivity index (χ3v) is 6.07. The van der Waals surface area contributed by atoms with Gasteiger partial charge in [0, 0.05) is 11.4 Å². The fraction of sp³-hybridized carbons (Fsp3) is 0.571. The van der Waals surface area contributed by atoms with E-state index in [1.54, 1.807) is 15.9 Å². The molecule has 0 aliphatic heterocycles. The minimum Gasteiger partial charge on any atom is -0.323 e. The zero-order valence-corrected chi connectivity index (χ0v) is 12.5. The molecule has 2 aliphatic carbocycles. The van der Waals surface area contributed by atoms with Crippen molar-refractivity contribution in [2.24, 2.45) is 11.8 Å². The van der Waals surface area contributed by atoms with Gasteiger partial charge >= 0.3 is 0 Å². The Bertz CT molecular complexity index is 783. The van der Waals surface area contributed by atoms with Crippen LogP contribution < -0.4 is 5.56 Å². The van der Waals surface area contributed by atoms with Crippen LogP contribution in [0.15, 0.2) is 4.79 Å². The minimum atomic E-state index is 0.136. The maximum atomic E-state index is 12.7. The molecular weight excluding hydrogens is 276 g/mol. The van der Waals surface area contributed by atoms with Crippen molar-refractivity contribution in [2.75, 3.05) is 0 Å². The molecule has 0 aromatic carbocycles. The average molecular weight is 292 g/mol. The first kappa shape index (κ1) is 11.9. The largest absolute Gasteiger partial charge is 0.323 e. The Morgan fingerprint density at radius 1 is 1.47 bits per heavy atom. The number of rotatable bonds is 2. The van der Waals surface area contributed by atoms with Gasteiger partial charge in [-0.15, -0.1) is 11.3 Å². The summed E-state index contributed by atoms with van der Waals surface area (Å²) in [5, 5.41) is 0.916. The summed E-state index contributed by atoms with van der Waals surface area (Å²) in [6.07, 6.45) is 4.58. The quantitative estimate of drug-likeness (QED) is 0.863. The highest BCUT2D eigenvalue weighted by Gasteiger charge is 2.33. The van der Waals surface area contributed by atoms with Crippen molar-refractivity contribution in [2.45, 2.75) is 39.2 Å². The molecule has 2 atom stereocenters. The first-order chi connectivity index (χ1) is 9.15. The monoisotopic (exact) mass is 292 g/mol. The highest BCUT2D eigenvalue weighted by molar-refractivity contribution is 7.71. The number of H-pyrrole nitrogens is 1. The molecule has 0 saturated heterocycles. The molecule has 2 aliphatic rings. The lowest BCUT2D eigenvalue weighted by molar-refractivity contribution is 0.566. The van der Waals surface area contributed by atoms with E-state index in [4.69, 9.17) is 12.2 Å². The van der Waals surface area contributed by atoms with E-state index in [2.05, 4.69) is 11.9 Å². The van der Waals surface area contributed by atoms with Gasteiger partial charge in [-0.25, -0.2) is 0 Å². The van der Waals surface area contributed by atoms with E-state index < -0.39 is 0 Å². The minimum absolute atomic E-state index is 0.136. The van der Waals surface area contributed by atoms with Gasteiger partial charge in [-0.3, -0.25) is 9.36 Å². The molecule has 0 spiro atoms. The van der Waals surface area contributed by atoms with Crippen LogP contribution in [0.4, 0.5) is 0 Å². The topological polar surface area (TPSA) is 37.8 Å². The molecule has 5 heteroatoms. The van der Waals surface area contributed by atoms with E-state index in [1.165, 1.54) is 23.3 Å². The van der Waals surface area contributed by atoms with Crippen molar-refractivity contribution >= 4 is 33.8 Å². The molecule has 2 unspecified atom stereocenters. The van der Waals surface area contributed by atoms with E-state index in [0.717, 1.165) is 35.5 Å². The number of aryl methyl sites for hydroxylation is 2. The molecule has 0 amide bonds. The Kier molecular flexibility index (Phi) is 2.51. The lowest BCUT2D eigenvalue weighted by atomic mass is 10.2. The second-order valence-electron chi connectivity index (χ2n) is 5.88. The van der Waals surface area contributed by atoms with Gasteiger partial charge in [-0.1, -0.05) is 6.92 Å². The number of fused-ring (bicyclic) bond motifs is 3. The highest BCUT2D eigenvalue weighted by atomic mass is 32.1. The first-order valence-electron chi connectivity index (χ1n) is 6.92. The summed E-state index contributed by atoms with van der Waals surface area (Å²) in [6, 6.07) is 0. The third kappa shape index (κ3) is 1.75. The molecular formula is C14H16N2OS2. The molecule has 19 heavy (non-hydrogen) atoms. The lowest BCUT2D eigenvalue weighted by Gasteiger charge is -2.06. The summed E-state index contributed by atoms with van der Waals surface area (Å²) in [7, 11) is 0. The number of aromatic amines is 1. The van der Waals surface area contributed by atoms with Crippen LogP contribution in [-0.2, 0) is 19.4 Å². The maximum absolute atomic E-state index is 12.7. The van der Waals surface area contributed by atoms with Gasteiger partial charge in [0.15, 0.2) is 4.77 Å². The number of hydrogen-bond acceptors (Lipinski definition) is 3. The van der Waals surface area contributed by atoms with Crippen LogP contribution in [0.25, 0.3) is 10.2 Å². The van der Waals surface area contributed by atoms with E-state index in [9.17, 15) is 4.79 Å². The molecule has 1 fully saturated rings. The maximum Gasteiger partial charge on any atom is 0.263 e. The van der Waals surface area contributed by atoms with Gasteiger partial charge in [-0.2, -0.15) is 0 Å². The number of thiophene rings is 1. The molecule has 0 radical (unpaired) electrons. The van der Waals surface area contributed by atoms with Gasteiger partial charge in [0.25, 0.3) is 5.56 Å². The van der Waals surface area contributed by atoms with Gasteiger partial charge < -0.3 is 4.98 Å².